The van der Waals surface area contributed by atoms with Crippen LogP contribution in [-0.4, -0.2) is 24.4 Å². The summed E-state index contributed by atoms with van der Waals surface area (Å²) in [6.07, 6.45) is 12.0. The highest BCUT2D eigenvalue weighted by atomic mass is 16.2. The minimum atomic E-state index is -0.131. The molecule has 0 spiro atoms. The lowest BCUT2D eigenvalue weighted by Crippen LogP contribution is -2.51. The van der Waals surface area contributed by atoms with E-state index in [1.165, 1.54) is 49.7 Å². The summed E-state index contributed by atoms with van der Waals surface area (Å²) < 4.78 is 0. The van der Waals surface area contributed by atoms with E-state index in [2.05, 4.69) is 59.3 Å². The van der Waals surface area contributed by atoms with Crippen molar-refractivity contribution in [3.63, 3.8) is 0 Å². The molecule has 38 heavy (non-hydrogen) atoms. The highest BCUT2D eigenvalue weighted by Gasteiger charge is 2.54. The van der Waals surface area contributed by atoms with Gasteiger partial charge in [-0.15, -0.1) is 0 Å². The van der Waals surface area contributed by atoms with Crippen LogP contribution in [0.2, 0.25) is 0 Å². The predicted octanol–water partition coefficient (Wildman–Crippen LogP) is 6.71. The van der Waals surface area contributed by atoms with Crippen LogP contribution < -0.4 is 16.0 Å². The molecule has 6 aliphatic rings. The molecule has 2 aromatic carbocycles. The molecular formula is C33H41N3O2. The second-order valence-electron chi connectivity index (χ2n) is 13.4. The molecule has 3 unspecified atom stereocenters. The zero-order valence-corrected chi connectivity index (χ0v) is 22.6. The second kappa shape index (κ2) is 9.43. The molecule has 2 aromatic rings. The molecule has 4 bridgehead atoms. The van der Waals surface area contributed by atoms with E-state index in [1.807, 2.05) is 6.07 Å². The van der Waals surface area contributed by atoms with Gasteiger partial charge in [-0.25, -0.2) is 0 Å². The third kappa shape index (κ3) is 4.32. The zero-order valence-electron chi connectivity index (χ0n) is 22.6. The van der Waals surface area contributed by atoms with E-state index in [9.17, 15) is 9.59 Å². The Morgan fingerprint density at radius 2 is 1.58 bits per heavy atom. The molecule has 5 saturated carbocycles. The molecule has 3 atom stereocenters. The largest absolute Gasteiger partial charge is 0.384 e. The Morgan fingerprint density at radius 3 is 2.26 bits per heavy atom. The van der Waals surface area contributed by atoms with Gasteiger partial charge < -0.3 is 16.0 Å². The van der Waals surface area contributed by atoms with Crippen molar-refractivity contribution in [2.45, 2.75) is 83.1 Å². The van der Waals surface area contributed by atoms with Gasteiger partial charge in [0.2, 0.25) is 5.91 Å². The first kappa shape index (κ1) is 24.2. The van der Waals surface area contributed by atoms with Gasteiger partial charge in [0.1, 0.15) is 0 Å². The van der Waals surface area contributed by atoms with Crippen LogP contribution in [0.15, 0.2) is 42.5 Å². The molecule has 1 heterocycles. The van der Waals surface area contributed by atoms with Gasteiger partial charge >= 0.3 is 0 Å². The molecule has 3 N–H and O–H groups in total. The first-order valence-electron chi connectivity index (χ1n) is 15.1. The van der Waals surface area contributed by atoms with Gasteiger partial charge in [-0.1, -0.05) is 31.9 Å². The third-order valence-corrected chi connectivity index (χ3v) is 10.7. The lowest BCUT2D eigenvalue weighted by atomic mass is 9.49. The quantitative estimate of drug-likeness (QED) is 0.418. The highest BCUT2D eigenvalue weighted by Crippen LogP contribution is 2.60. The number of carbonyl (C=O) groups is 2. The first-order valence-corrected chi connectivity index (χ1v) is 15.1. The minimum Gasteiger partial charge on any atom is -0.384 e. The van der Waals surface area contributed by atoms with Crippen LogP contribution in [0.25, 0.3) is 0 Å². The van der Waals surface area contributed by atoms with E-state index in [0.717, 1.165) is 66.9 Å². The van der Waals surface area contributed by atoms with Gasteiger partial charge in [0.05, 0.1) is 5.41 Å². The lowest BCUT2D eigenvalue weighted by molar-refractivity contribution is -0.140. The van der Waals surface area contributed by atoms with Crippen LogP contribution in [0.5, 0.6) is 0 Å². The molecular weight excluding hydrogens is 470 g/mol. The Bertz CT molecular complexity index is 1200. The Kier molecular flexibility index (Phi) is 6.01. The van der Waals surface area contributed by atoms with Crippen LogP contribution in [0.3, 0.4) is 0 Å². The molecule has 5 nitrogen and oxygen atoms in total. The summed E-state index contributed by atoms with van der Waals surface area (Å²) in [7, 11) is 0. The van der Waals surface area contributed by atoms with Crippen molar-refractivity contribution < 1.29 is 9.59 Å². The molecule has 8 rings (SSSR count). The van der Waals surface area contributed by atoms with Crippen LogP contribution in [0.4, 0.5) is 11.4 Å². The van der Waals surface area contributed by atoms with E-state index in [-0.39, 0.29) is 29.2 Å². The Labute approximate surface area is 226 Å². The number of carbonyl (C=O) groups excluding carboxylic acids is 2. The van der Waals surface area contributed by atoms with Gasteiger partial charge in [0, 0.05) is 35.4 Å². The van der Waals surface area contributed by atoms with E-state index >= 15 is 0 Å². The van der Waals surface area contributed by atoms with Crippen molar-refractivity contribution >= 4 is 23.2 Å². The maximum absolute atomic E-state index is 13.5. The number of rotatable bonds is 5. The van der Waals surface area contributed by atoms with Crippen LogP contribution in [-0.2, 0) is 4.79 Å². The lowest BCUT2D eigenvalue weighted by Gasteiger charge is -2.55. The Balaban J connectivity index is 1.04. The molecule has 5 aliphatic carbocycles. The standard InChI is InChI=1S/C33H41N3O2/c1-20-4-2-3-5-29(20)36-31(37)25-8-11-30-27(15-25)28(19-34-30)24-6-9-26(10-7-24)35-32(38)33-16-21-12-22(17-33)14-23(13-21)18-33/h6-11,15,20-23,28-29,34H,2-5,12-14,16-19H2,1H3,(H,35,38)(H,36,37). The smallest absolute Gasteiger partial charge is 0.251 e. The maximum atomic E-state index is 13.5. The molecule has 5 fully saturated rings. The fourth-order valence-corrected chi connectivity index (χ4v) is 9.01. The van der Waals surface area contributed by atoms with E-state index < -0.39 is 0 Å². The van der Waals surface area contributed by atoms with Gasteiger partial charge in [-0.3, -0.25) is 9.59 Å². The number of anilines is 2. The number of nitrogens with one attached hydrogen (secondary N) is 3. The van der Waals surface area contributed by atoms with Gasteiger partial charge in [0.25, 0.3) is 5.91 Å². The maximum Gasteiger partial charge on any atom is 0.251 e. The summed E-state index contributed by atoms with van der Waals surface area (Å²) in [4.78, 5) is 26.6. The van der Waals surface area contributed by atoms with Crippen LogP contribution in [0.1, 0.15) is 98.5 Å². The molecule has 0 saturated heterocycles. The topological polar surface area (TPSA) is 70.2 Å². The van der Waals surface area contributed by atoms with Crippen molar-refractivity contribution in [1.29, 1.82) is 0 Å². The normalized spacial score (nSPS) is 34.9. The zero-order chi connectivity index (χ0) is 25.9. The number of fused-ring (bicyclic) bond motifs is 1. The number of hydrogen-bond donors (Lipinski definition) is 3. The minimum absolute atomic E-state index is 0.0416. The molecule has 2 amide bonds. The van der Waals surface area contributed by atoms with Crippen LogP contribution in [0, 0.1) is 29.1 Å². The molecule has 0 radical (unpaired) electrons. The van der Waals surface area contributed by atoms with E-state index in [4.69, 9.17) is 0 Å². The summed E-state index contributed by atoms with van der Waals surface area (Å²) in [5.41, 5.74) is 5.01. The second-order valence-corrected chi connectivity index (χ2v) is 13.4. The molecule has 1 aliphatic heterocycles. The third-order valence-electron chi connectivity index (χ3n) is 10.7. The number of amides is 2. The summed E-state index contributed by atoms with van der Waals surface area (Å²) >= 11 is 0. The van der Waals surface area contributed by atoms with Crippen molar-refractivity contribution in [3.05, 3.63) is 59.2 Å². The molecule has 0 aromatic heterocycles. The SMILES string of the molecule is CC1CCCCC1NC(=O)c1ccc2c(c1)C(c1ccc(NC(=O)C34CC5CC(CC(C5)C3)C4)cc1)CN2. The monoisotopic (exact) mass is 511 g/mol. The summed E-state index contributed by atoms with van der Waals surface area (Å²) in [5.74, 6) is 3.32. The number of benzene rings is 2. The molecule has 200 valence electrons. The average molecular weight is 512 g/mol. The highest BCUT2D eigenvalue weighted by molar-refractivity contribution is 5.96. The fraction of sp³-hybridized carbons (Fsp3) is 0.576. The van der Waals surface area contributed by atoms with Crippen molar-refractivity contribution in [3.8, 4) is 0 Å². The van der Waals surface area contributed by atoms with Crippen molar-refractivity contribution in [2.24, 2.45) is 29.1 Å². The van der Waals surface area contributed by atoms with Gasteiger partial charge in [0.15, 0.2) is 0 Å². The summed E-state index contributed by atoms with van der Waals surface area (Å²) in [6, 6.07) is 14.8. The van der Waals surface area contributed by atoms with Crippen molar-refractivity contribution in [2.75, 3.05) is 17.2 Å². The summed E-state index contributed by atoms with van der Waals surface area (Å²) in [6.45, 7) is 3.07. The Hall–Kier alpha value is -2.82. The van der Waals surface area contributed by atoms with E-state index in [1.54, 1.807) is 0 Å². The summed E-state index contributed by atoms with van der Waals surface area (Å²) in [5, 5.41) is 10.1. The molecule has 5 heteroatoms. The predicted molar refractivity (Wildman–Crippen MR) is 151 cm³/mol. The Morgan fingerprint density at radius 1 is 0.895 bits per heavy atom. The number of hydrogen-bond acceptors (Lipinski definition) is 3. The average Bonchev–Trinajstić information content (AvgIpc) is 3.33. The van der Waals surface area contributed by atoms with Gasteiger partial charge in [-0.2, -0.15) is 0 Å². The van der Waals surface area contributed by atoms with Gasteiger partial charge in [-0.05, 0) is 116 Å². The van der Waals surface area contributed by atoms with Crippen molar-refractivity contribution in [1.82, 2.24) is 5.32 Å². The first-order chi connectivity index (χ1) is 18.5. The van der Waals surface area contributed by atoms with Crippen LogP contribution >= 0.6 is 0 Å². The van der Waals surface area contributed by atoms with E-state index in [0.29, 0.717) is 5.92 Å². The fourth-order valence-electron chi connectivity index (χ4n) is 9.01.